The van der Waals surface area contributed by atoms with Gasteiger partial charge < -0.3 is 14.5 Å². The molecule has 8 heteroatoms. The van der Waals surface area contributed by atoms with Gasteiger partial charge in [-0.25, -0.2) is 13.3 Å². The molecule has 5 rings (SSSR count). The molecule has 0 radical (unpaired) electrons. The minimum atomic E-state index is -3.14. The predicted molar refractivity (Wildman–Crippen MR) is 123 cm³/mol. The molecule has 0 N–H and O–H groups in total. The number of piperidine rings is 1. The van der Waals surface area contributed by atoms with Crippen molar-refractivity contribution in [2.24, 2.45) is 28.8 Å². The van der Waals surface area contributed by atoms with Crippen LogP contribution in [0.3, 0.4) is 0 Å². The summed E-state index contributed by atoms with van der Waals surface area (Å²) in [6.07, 6.45) is 6.20. The first-order valence-corrected chi connectivity index (χ1v) is 13.7. The minimum Gasteiger partial charge on any atom is -0.376 e. The first kappa shape index (κ1) is 22.2. The van der Waals surface area contributed by atoms with Gasteiger partial charge in [0.2, 0.25) is 0 Å². The van der Waals surface area contributed by atoms with E-state index in [0.29, 0.717) is 23.3 Å². The number of hydrogen-bond donors (Lipinski definition) is 0. The monoisotopic (exact) mass is 461 g/mol. The van der Waals surface area contributed by atoms with Crippen LogP contribution >= 0.6 is 0 Å². The molecule has 176 valence electrons. The van der Waals surface area contributed by atoms with Crippen LogP contribution in [0.2, 0.25) is 0 Å². The van der Waals surface area contributed by atoms with E-state index in [4.69, 9.17) is 9.57 Å². The van der Waals surface area contributed by atoms with Gasteiger partial charge in [0.15, 0.2) is 15.7 Å². The maximum atomic E-state index is 11.9. The van der Waals surface area contributed by atoms with Crippen LogP contribution in [0.1, 0.15) is 44.6 Å². The quantitative estimate of drug-likeness (QED) is 0.562. The van der Waals surface area contributed by atoms with Crippen LogP contribution < -0.4 is 0 Å². The summed E-state index contributed by atoms with van der Waals surface area (Å²) >= 11 is 0. The molecule has 2 aliphatic heterocycles. The maximum Gasteiger partial charge on any atom is 0.259 e. The van der Waals surface area contributed by atoms with Crippen molar-refractivity contribution < 1.29 is 18.0 Å². The highest BCUT2D eigenvalue weighted by atomic mass is 32.2. The molecule has 3 fully saturated rings. The lowest BCUT2D eigenvalue weighted by Crippen LogP contribution is -2.50. The number of likely N-dealkylation sites (tertiary alicyclic amines) is 1. The second-order valence-electron chi connectivity index (χ2n) is 9.86. The summed E-state index contributed by atoms with van der Waals surface area (Å²) in [4.78, 5) is 10.8. The van der Waals surface area contributed by atoms with Crippen LogP contribution in [0.4, 0.5) is 0 Å². The zero-order chi connectivity index (χ0) is 22.3. The molecule has 3 atom stereocenters. The molecule has 3 unspecified atom stereocenters. The van der Waals surface area contributed by atoms with E-state index in [0.717, 1.165) is 42.9 Å². The molecule has 0 spiro atoms. The van der Waals surface area contributed by atoms with E-state index in [1.54, 1.807) is 19.1 Å². The van der Waals surface area contributed by atoms with Crippen LogP contribution in [0.25, 0.3) is 0 Å². The van der Waals surface area contributed by atoms with Crippen molar-refractivity contribution in [2.45, 2.75) is 56.9 Å². The lowest BCUT2D eigenvalue weighted by Gasteiger charge is -2.37. The summed E-state index contributed by atoms with van der Waals surface area (Å²) in [6.45, 7) is 5.16. The number of ether oxygens (including phenoxy) is 1. The Balaban J connectivity index is 1.01. The van der Waals surface area contributed by atoms with Crippen molar-refractivity contribution in [3.05, 3.63) is 29.8 Å². The Morgan fingerprint density at radius 2 is 1.84 bits per heavy atom. The predicted octanol–water partition coefficient (Wildman–Crippen LogP) is 3.31. The molecule has 2 heterocycles. The van der Waals surface area contributed by atoms with Crippen LogP contribution in [0.15, 0.2) is 34.3 Å². The molecule has 2 aliphatic carbocycles. The Hall–Kier alpha value is -1.64. The third kappa shape index (κ3) is 4.68. The van der Waals surface area contributed by atoms with E-state index >= 15 is 0 Å². The molecule has 0 amide bonds. The van der Waals surface area contributed by atoms with Gasteiger partial charge in [0.1, 0.15) is 0 Å². The average molecular weight is 462 g/mol. The first-order chi connectivity index (χ1) is 15.5. The summed E-state index contributed by atoms with van der Waals surface area (Å²) in [5.41, 5.74) is 1.03. The van der Waals surface area contributed by atoms with Crippen LogP contribution in [0, 0.1) is 23.7 Å². The van der Waals surface area contributed by atoms with Crippen molar-refractivity contribution in [2.75, 3.05) is 32.5 Å². The van der Waals surface area contributed by atoms with Gasteiger partial charge in [-0.3, -0.25) is 0 Å². The highest BCUT2D eigenvalue weighted by Crippen LogP contribution is 2.48. The standard InChI is InChI=1S/C24H35N3O4S/c1-3-32(28,29)21-8-4-17(5-9-21)15-30-16-20-14-22(20)18-10-12-27(13-11-18)24-26(2)23(25-31-24)19-6-7-19/h4-5,8-9,18-20,22,24H,3,6-7,10-16H2,1-2H3. The molecule has 4 aliphatic rings. The largest absolute Gasteiger partial charge is 0.376 e. The topological polar surface area (TPSA) is 71.4 Å². The number of hydrogen-bond acceptors (Lipinski definition) is 7. The average Bonchev–Trinajstić information content (AvgIpc) is 3.74. The second kappa shape index (κ2) is 8.95. The fraction of sp³-hybridized carbons (Fsp3) is 0.708. The van der Waals surface area contributed by atoms with Crippen molar-refractivity contribution in [3.63, 3.8) is 0 Å². The fourth-order valence-corrected chi connectivity index (χ4v) is 6.15. The molecule has 0 aromatic heterocycles. The smallest absolute Gasteiger partial charge is 0.259 e. The van der Waals surface area contributed by atoms with Gasteiger partial charge in [-0.15, -0.1) is 0 Å². The third-order valence-electron chi connectivity index (χ3n) is 7.61. The van der Waals surface area contributed by atoms with E-state index in [1.165, 1.54) is 32.1 Å². The molecule has 1 saturated heterocycles. The molecular weight excluding hydrogens is 426 g/mol. The van der Waals surface area contributed by atoms with E-state index in [2.05, 4.69) is 22.0 Å². The number of sulfone groups is 1. The first-order valence-electron chi connectivity index (χ1n) is 12.1. The fourth-order valence-electron chi connectivity index (χ4n) is 5.26. The van der Waals surface area contributed by atoms with Gasteiger partial charge in [0, 0.05) is 26.1 Å². The second-order valence-corrected chi connectivity index (χ2v) is 12.1. The molecular formula is C24H35N3O4S. The van der Waals surface area contributed by atoms with E-state index in [1.807, 2.05) is 12.1 Å². The molecule has 7 nitrogen and oxygen atoms in total. The van der Waals surface area contributed by atoms with Gasteiger partial charge in [-0.2, -0.15) is 0 Å². The summed E-state index contributed by atoms with van der Waals surface area (Å²) in [5.74, 6) is 4.13. The number of amidine groups is 1. The van der Waals surface area contributed by atoms with Gasteiger partial charge >= 0.3 is 0 Å². The molecule has 0 bridgehead atoms. The van der Waals surface area contributed by atoms with Gasteiger partial charge in [0.25, 0.3) is 6.35 Å². The Morgan fingerprint density at radius 1 is 1.12 bits per heavy atom. The molecule has 1 aromatic rings. The van der Waals surface area contributed by atoms with Crippen LogP contribution in [-0.2, 0) is 26.0 Å². The SMILES string of the molecule is CCS(=O)(=O)c1ccc(COCC2CC2C2CCN(C3ON=C(C4CC4)N3C)CC2)cc1. The van der Waals surface area contributed by atoms with Crippen LogP contribution in [-0.4, -0.2) is 62.9 Å². The van der Waals surface area contributed by atoms with Gasteiger partial charge in [-0.1, -0.05) is 24.2 Å². The number of rotatable bonds is 9. The van der Waals surface area contributed by atoms with Gasteiger partial charge in [-0.05, 0) is 67.6 Å². The Morgan fingerprint density at radius 3 is 2.50 bits per heavy atom. The number of oxime groups is 1. The zero-order valence-electron chi connectivity index (χ0n) is 19.2. The normalized spacial score (nSPS) is 29.1. The van der Waals surface area contributed by atoms with Crippen molar-refractivity contribution in [3.8, 4) is 0 Å². The van der Waals surface area contributed by atoms with Crippen molar-refractivity contribution >= 4 is 15.7 Å². The van der Waals surface area contributed by atoms with Gasteiger partial charge in [0.05, 0.1) is 23.9 Å². The number of nitrogens with zero attached hydrogens (tertiary/aromatic N) is 3. The Kier molecular flexibility index (Phi) is 6.20. The third-order valence-corrected chi connectivity index (χ3v) is 9.36. The minimum absolute atomic E-state index is 0.0106. The Labute approximate surface area is 191 Å². The summed E-state index contributed by atoms with van der Waals surface area (Å²) in [5, 5.41) is 4.35. The Bertz CT molecular complexity index is 936. The van der Waals surface area contributed by atoms with E-state index in [-0.39, 0.29) is 12.1 Å². The highest BCUT2D eigenvalue weighted by molar-refractivity contribution is 7.91. The molecule has 2 saturated carbocycles. The summed E-state index contributed by atoms with van der Waals surface area (Å²) < 4.78 is 29.8. The lowest BCUT2D eigenvalue weighted by molar-refractivity contribution is -0.108. The number of benzene rings is 1. The van der Waals surface area contributed by atoms with Crippen LogP contribution in [0.5, 0.6) is 0 Å². The molecule has 32 heavy (non-hydrogen) atoms. The maximum absolute atomic E-state index is 11.9. The highest BCUT2D eigenvalue weighted by Gasteiger charge is 2.46. The van der Waals surface area contributed by atoms with E-state index in [9.17, 15) is 8.42 Å². The zero-order valence-corrected chi connectivity index (χ0v) is 20.0. The molecule has 1 aromatic carbocycles. The van der Waals surface area contributed by atoms with Crippen molar-refractivity contribution in [1.29, 1.82) is 0 Å². The summed E-state index contributed by atoms with van der Waals surface area (Å²) in [7, 11) is -1.02. The lowest BCUT2D eigenvalue weighted by atomic mass is 9.91. The van der Waals surface area contributed by atoms with E-state index < -0.39 is 9.84 Å². The summed E-state index contributed by atoms with van der Waals surface area (Å²) in [6, 6.07) is 7.11. The van der Waals surface area contributed by atoms with Crippen molar-refractivity contribution in [1.82, 2.24) is 9.80 Å².